The van der Waals surface area contributed by atoms with Crippen LogP contribution in [0.3, 0.4) is 0 Å². The summed E-state index contributed by atoms with van der Waals surface area (Å²) in [6.45, 7) is 1.82. The molecule has 0 aromatic carbocycles. The Morgan fingerprint density at radius 1 is 1.39 bits per heavy atom. The maximum Gasteiger partial charge on any atom is 0.271 e. The van der Waals surface area contributed by atoms with Gasteiger partial charge in [0.2, 0.25) is 0 Å². The molecule has 0 unspecified atom stereocenters. The molecule has 0 amide bonds. The van der Waals surface area contributed by atoms with Gasteiger partial charge in [-0.1, -0.05) is 0 Å². The minimum Gasteiger partial charge on any atom is -0.277 e. The van der Waals surface area contributed by atoms with E-state index in [2.05, 4.69) is 9.71 Å². The van der Waals surface area contributed by atoms with Crippen molar-refractivity contribution in [1.29, 1.82) is 5.26 Å². The van der Waals surface area contributed by atoms with Crippen molar-refractivity contribution < 1.29 is 8.42 Å². The van der Waals surface area contributed by atoms with Gasteiger partial charge >= 0.3 is 0 Å². The number of nitriles is 1. The SMILES string of the molecule is Cc1cncc(NS(=O)(=O)c2ccc(C#N)s2)c1. The van der Waals surface area contributed by atoms with Gasteiger partial charge in [0.05, 0.1) is 11.9 Å². The Balaban J connectivity index is 2.30. The quantitative estimate of drug-likeness (QED) is 0.932. The topological polar surface area (TPSA) is 82.8 Å². The number of hydrogen-bond acceptors (Lipinski definition) is 5. The number of anilines is 1. The van der Waals surface area contributed by atoms with Crippen LogP contribution in [-0.2, 0) is 10.0 Å². The van der Waals surface area contributed by atoms with Crippen molar-refractivity contribution in [3.05, 3.63) is 41.0 Å². The van der Waals surface area contributed by atoms with Crippen LogP contribution >= 0.6 is 11.3 Å². The van der Waals surface area contributed by atoms with Gasteiger partial charge in [-0.25, -0.2) is 8.42 Å². The molecule has 0 aliphatic heterocycles. The number of thiophene rings is 1. The van der Waals surface area contributed by atoms with E-state index in [9.17, 15) is 8.42 Å². The first-order valence-electron chi connectivity index (χ1n) is 4.96. The number of nitrogens with one attached hydrogen (secondary N) is 1. The minimum absolute atomic E-state index is 0.112. The molecular weight excluding hydrogens is 270 g/mol. The van der Waals surface area contributed by atoms with Gasteiger partial charge < -0.3 is 0 Å². The summed E-state index contributed by atoms with van der Waals surface area (Å²) in [6.07, 6.45) is 3.07. The molecule has 2 aromatic heterocycles. The summed E-state index contributed by atoms with van der Waals surface area (Å²) in [5.74, 6) is 0. The van der Waals surface area contributed by atoms with Gasteiger partial charge in [0.1, 0.15) is 15.2 Å². The zero-order chi connectivity index (χ0) is 13.2. The second-order valence-electron chi connectivity index (χ2n) is 3.59. The van der Waals surface area contributed by atoms with Crippen LogP contribution in [0.2, 0.25) is 0 Å². The lowest BCUT2D eigenvalue weighted by molar-refractivity contribution is 0.603. The van der Waals surface area contributed by atoms with Crippen molar-refractivity contribution in [3.8, 4) is 6.07 Å². The van der Waals surface area contributed by atoms with Crippen molar-refractivity contribution >= 4 is 27.0 Å². The molecular formula is C11H9N3O2S2. The molecule has 0 bridgehead atoms. The van der Waals surface area contributed by atoms with Gasteiger partial charge in [0.15, 0.2) is 0 Å². The first-order chi connectivity index (χ1) is 8.51. The first-order valence-corrected chi connectivity index (χ1v) is 7.25. The number of pyridine rings is 1. The van der Waals surface area contributed by atoms with Gasteiger partial charge in [-0.15, -0.1) is 11.3 Å². The van der Waals surface area contributed by atoms with Gasteiger partial charge in [0.25, 0.3) is 10.0 Å². The first kappa shape index (κ1) is 12.5. The molecule has 1 N–H and O–H groups in total. The molecule has 2 rings (SSSR count). The summed E-state index contributed by atoms with van der Waals surface area (Å²) in [5.41, 5.74) is 1.26. The van der Waals surface area contributed by atoms with Crippen LogP contribution in [0.4, 0.5) is 5.69 Å². The van der Waals surface area contributed by atoms with Crippen molar-refractivity contribution in [3.63, 3.8) is 0 Å². The molecule has 2 aromatic rings. The van der Waals surface area contributed by atoms with E-state index in [4.69, 9.17) is 5.26 Å². The highest BCUT2D eigenvalue weighted by Gasteiger charge is 2.17. The minimum atomic E-state index is -3.64. The molecule has 18 heavy (non-hydrogen) atoms. The van der Waals surface area contributed by atoms with E-state index in [0.717, 1.165) is 16.9 Å². The van der Waals surface area contributed by atoms with Gasteiger partial charge in [-0.3, -0.25) is 9.71 Å². The Morgan fingerprint density at radius 2 is 2.17 bits per heavy atom. The fourth-order valence-electron chi connectivity index (χ4n) is 1.34. The van der Waals surface area contributed by atoms with Crippen LogP contribution in [0.25, 0.3) is 0 Å². The summed E-state index contributed by atoms with van der Waals surface area (Å²) in [6, 6.07) is 6.48. The molecule has 0 fully saturated rings. The Morgan fingerprint density at radius 3 is 2.78 bits per heavy atom. The molecule has 0 atom stereocenters. The van der Waals surface area contributed by atoms with Crippen molar-refractivity contribution in [2.45, 2.75) is 11.1 Å². The van der Waals surface area contributed by atoms with Crippen LogP contribution in [0.5, 0.6) is 0 Å². The number of nitrogens with zero attached hydrogens (tertiary/aromatic N) is 2. The normalized spacial score (nSPS) is 10.9. The molecule has 2 heterocycles. The molecule has 92 valence electrons. The Labute approximate surface area is 109 Å². The van der Waals surface area contributed by atoms with E-state index in [1.165, 1.54) is 18.3 Å². The zero-order valence-electron chi connectivity index (χ0n) is 9.41. The van der Waals surface area contributed by atoms with Crippen molar-refractivity contribution in [1.82, 2.24) is 4.98 Å². The fraction of sp³-hybridized carbons (Fsp3) is 0.0909. The van der Waals surface area contributed by atoms with Crippen molar-refractivity contribution in [2.75, 3.05) is 4.72 Å². The van der Waals surface area contributed by atoms with Crippen LogP contribution in [0, 0.1) is 18.3 Å². The number of hydrogen-bond donors (Lipinski definition) is 1. The fourth-order valence-corrected chi connectivity index (χ4v) is 3.48. The average Bonchev–Trinajstić information content (AvgIpc) is 2.77. The van der Waals surface area contributed by atoms with Crippen LogP contribution < -0.4 is 4.72 Å². The second kappa shape index (κ2) is 4.76. The second-order valence-corrected chi connectivity index (χ2v) is 6.58. The third kappa shape index (κ3) is 2.67. The van der Waals surface area contributed by atoms with E-state index < -0.39 is 10.0 Å². The number of aryl methyl sites for hydroxylation is 1. The summed E-state index contributed by atoms with van der Waals surface area (Å²) in [5, 5.41) is 8.68. The van der Waals surface area contributed by atoms with E-state index in [1.54, 1.807) is 12.3 Å². The maximum absolute atomic E-state index is 12.0. The molecule has 0 spiro atoms. The van der Waals surface area contributed by atoms with E-state index in [0.29, 0.717) is 10.6 Å². The van der Waals surface area contributed by atoms with Gasteiger partial charge in [-0.2, -0.15) is 5.26 Å². The van der Waals surface area contributed by atoms with Crippen LogP contribution in [0.1, 0.15) is 10.4 Å². The predicted molar refractivity (Wildman–Crippen MR) is 68.8 cm³/mol. The Hall–Kier alpha value is -1.91. The van der Waals surface area contributed by atoms with E-state index in [1.807, 2.05) is 13.0 Å². The predicted octanol–water partition coefficient (Wildman–Crippen LogP) is 2.12. The Bertz CT molecular complexity index is 714. The number of aromatic nitrogens is 1. The highest BCUT2D eigenvalue weighted by atomic mass is 32.2. The largest absolute Gasteiger partial charge is 0.277 e. The number of rotatable bonds is 3. The maximum atomic E-state index is 12.0. The molecule has 0 aliphatic carbocycles. The third-order valence-corrected chi connectivity index (χ3v) is 4.95. The summed E-state index contributed by atoms with van der Waals surface area (Å²) in [4.78, 5) is 4.27. The van der Waals surface area contributed by atoms with Crippen LogP contribution in [0.15, 0.2) is 34.8 Å². The lowest BCUT2D eigenvalue weighted by atomic mass is 10.3. The van der Waals surface area contributed by atoms with E-state index >= 15 is 0 Å². The molecule has 0 radical (unpaired) electrons. The molecule has 5 nitrogen and oxygen atoms in total. The standard InChI is InChI=1S/C11H9N3O2S2/c1-8-4-9(7-13-6-8)14-18(15,16)11-3-2-10(5-12)17-11/h2-4,6-7,14H,1H3. The summed E-state index contributed by atoms with van der Waals surface area (Å²) < 4.78 is 26.5. The van der Waals surface area contributed by atoms with Gasteiger partial charge in [0, 0.05) is 6.20 Å². The lowest BCUT2D eigenvalue weighted by Crippen LogP contribution is -2.11. The monoisotopic (exact) mass is 279 g/mol. The molecule has 7 heteroatoms. The van der Waals surface area contributed by atoms with E-state index in [-0.39, 0.29) is 4.21 Å². The Kier molecular flexibility index (Phi) is 3.32. The average molecular weight is 279 g/mol. The zero-order valence-corrected chi connectivity index (χ0v) is 11.0. The summed E-state index contributed by atoms with van der Waals surface area (Å²) >= 11 is 0.931. The highest BCUT2D eigenvalue weighted by Crippen LogP contribution is 2.23. The molecule has 0 saturated heterocycles. The summed E-state index contributed by atoms with van der Waals surface area (Å²) in [7, 11) is -3.64. The number of sulfonamides is 1. The smallest absolute Gasteiger partial charge is 0.271 e. The molecule has 0 saturated carbocycles. The molecule has 0 aliphatic rings. The van der Waals surface area contributed by atoms with Crippen LogP contribution in [-0.4, -0.2) is 13.4 Å². The third-order valence-electron chi connectivity index (χ3n) is 2.08. The van der Waals surface area contributed by atoms with Crippen molar-refractivity contribution in [2.24, 2.45) is 0 Å². The highest BCUT2D eigenvalue weighted by molar-refractivity contribution is 7.94. The lowest BCUT2D eigenvalue weighted by Gasteiger charge is -2.05. The van der Waals surface area contributed by atoms with Gasteiger partial charge in [-0.05, 0) is 30.7 Å².